The molecule has 2 atom stereocenters. The number of carbonyl (C=O) groups is 1. The minimum atomic E-state index is -0.380. The van der Waals surface area contributed by atoms with Crippen molar-refractivity contribution in [1.29, 1.82) is 0 Å². The molecule has 0 radical (unpaired) electrons. The van der Waals surface area contributed by atoms with Crippen LogP contribution in [-0.2, 0) is 9.53 Å². The molecule has 1 heterocycles. The number of likely N-dealkylation sites (N-methyl/N-ethyl adjacent to an activating group) is 1. The second kappa shape index (κ2) is 6.21. The molecule has 1 fully saturated rings. The van der Waals surface area contributed by atoms with Crippen LogP contribution < -0.4 is 5.73 Å². The Morgan fingerprint density at radius 1 is 1.56 bits per heavy atom. The summed E-state index contributed by atoms with van der Waals surface area (Å²) in [4.78, 5) is 13.7. The molecule has 4 heteroatoms. The predicted octanol–water partition coefficient (Wildman–Crippen LogP) is 0.855. The maximum Gasteiger partial charge on any atom is 0.239 e. The summed E-state index contributed by atoms with van der Waals surface area (Å²) in [5, 5.41) is 0. The molecular formula is C12H24N2O2. The molecule has 1 amide bonds. The molecule has 0 aliphatic carbocycles. The van der Waals surface area contributed by atoms with Crippen molar-refractivity contribution in [3.63, 3.8) is 0 Å². The van der Waals surface area contributed by atoms with Gasteiger partial charge in [-0.15, -0.1) is 0 Å². The molecule has 1 aliphatic heterocycles. The molecule has 2 N–H and O–H groups in total. The number of nitrogens with two attached hydrogens (primary N) is 1. The highest BCUT2D eigenvalue weighted by molar-refractivity contribution is 5.81. The van der Waals surface area contributed by atoms with Gasteiger partial charge in [-0.05, 0) is 24.7 Å². The van der Waals surface area contributed by atoms with Crippen LogP contribution in [0.15, 0.2) is 0 Å². The number of hydrogen-bond acceptors (Lipinski definition) is 3. The monoisotopic (exact) mass is 228 g/mol. The Bertz CT molecular complexity index is 225. The number of carbonyl (C=O) groups excluding carboxylic acids is 1. The Morgan fingerprint density at radius 2 is 2.25 bits per heavy atom. The predicted molar refractivity (Wildman–Crippen MR) is 64.0 cm³/mol. The number of nitrogens with zero attached hydrogens (tertiary/aromatic N) is 1. The zero-order valence-corrected chi connectivity index (χ0v) is 10.6. The molecule has 0 aromatic heterocycles. The maximum atomic E-state index is 11.9. The number of rotatable bonds is 4. The summed E-state index contributed by atoms with van der Waals surface area (Å²) in [6.45, 7) is 6.34. The molecule has 4 nitrogen and oxygen atoms in total. The first kappa shape index (κ1) is 13.5. The standard InChI is InChI=1S/C12H24N2O2/c1-9(2)11(13)12(15)14(3)7-10-5-4-6-16-8-10/h9-11H,4-8,13H2,1-3H3/t10?,11-/m0/s1. The average molecular weight is 228 g/mol. The highest BCUT2D eigenvalue weighted by atomic mass is 16.5. The zero-order chi connectivity index (χ0) is 12.1. The second-order valence-electron chi connectivity index (χ2n) is 5.07. The van der Waals surface area contributed by atoms with Crippen molar-refractivity contribution in [3.05, 3.63) is 0 Å². The van der Waals surface area contributed by atoms with Crippen molar-refractivity contribution in [1.82, 2.24) is 4.90 Å². The van der Waals surface area contributed by atoms with Crippen molar-refractivity contribution in [2.24, 2.45) is 17.6 Å². The van der Waals surface area contributed by atoms with Gasteiger partial charge in [-0.3, -0.25) is 4.79 Å². The van der Waals surface area contributed by atoms with E-state index in [2.05, 4.69) is 0 Å². The van der Waals surface area contributed by atoms with Gasteiger partial charge in [0.25, 0.3) is 0 Å². The quantitative estimate of drug-likeness (QED) is 0.776. The Balaban J connectivity index is 2.38. The van der Waals surface area contributed by atoms with Crippen LogP contribution in [0.25, 0.3) is 0 Å². The van der Waals surface area contributed by atoms with Crippen molar-refractivity contribution < 1.29 is 9.53 Å². The molecule has 0 spiro atoms. The molecule has 1 saturated heterocycles. The molecule has 1 rings (SSSR count). The largest absolute Gasteiger partial charge is 0.381 e. The lowest BCUT2D eigenvalue weighted by molar-refractivity contribution is -0.133. The van der Waals surface area contributed by atoms with Crippen molar-refractivity contribution >= 4 is 5.91 Å². The van der Waals surface area contributed by atoms with Crippen LogP contribution in [0.2, 0.25) is 0 Å². The molecule has 0 bridgehead atoms. The lowest BCUT2D eigenvalue weighted by atomic mass is 10.00. The fourth-order valence-corrected chi connectivity index (χ4v) is 1.97. The van der Waals surface area contributed by atoms with Crippen LogP contribution in [0.4, 0.5) is 0 Å². The molecule has 1 unspecified atom stereocenters. The van der Waals surface area contributed by atoms with Crippen LogP contribution in [-0.4, -0.2) is 43.7 Å². The third-order valence-corrected chi connectivity index (χ3v) is 3.17. The highest BCUT2D eigenvalue weighted by Gasteiger charge is 2.24. The minimum absolute atomic E-state index is 0.0422. The smallest absolute Gasteiger partial charge is 0.239 e. The van der Waals surface area contributed by atoms with Crippen molar-refractivity contribution in [2.45, 2.75) is 32.7 Å². The van der Waals surface area contributed by atoms with Gasteiger partial charge in [-0.25, -0.2) is 0 Å². The minimum Gasteiger partial charge on any atom is -0.381 e. The van der Waals surface area contributed by atoms with Crippen molar-refractivity contribution in [3.8, 4) is 0 Å². The Labute approximate surface area is 98.1 Å². The molecular weight excluding hydrogens is 204 g/mol. The summed E-state index contributed by atoms with van der Waals surface area (Å²) in [6.07, 6.45) is 2.25. The second-order valence-corrected chi connectivity index (χ2v) is 5.07. The number of hydrogen-bond donors (Lipinski definition) is 1. The summed E-state index contributed by atoms with van der Waals surface area (Å²) in [5.41, 5.74) is 5.84. The molecule has 94 valence electrons. The normalized spacial score (nSPS) is 23.2. The lowest BCUT2D eigenvalue weighted by Crippen LogP contribution is -2.46. The van der Waals surface area contributed by atoms with Crippen LogP contribution in [0.1, 0.15) is 26.7 Å². The fourth-order valence-electron chi connectivity index (χ4n) is 1.97. The highest BCUT2D eigenvalue weighted by Crippen LogP contribution is 2.15. The van der Waals surface area contributed by atoms with Gasteiger partial charge in [-0.2, -0.15) is 0 Å². The third-order valence-electron chi connectivity index (χ3n) is 3.17. The molecule has 0 saturated carbocycles. The van der Waals surface area contributed by atoms with Gasteiger partial charge >= 0.3 is 0 Å². The SMILES string of the molecule is CC(C)[C@H](N)C(=O)N(C)CC1CCCOC1. The van der Waals surface area contributed by atoms with Gasteiger partial charge in [0.05, 0.1) is 12.6 Å². The van der Waals surface area contributed by atoms with E-state index in [0.717, 1.165) is 32.6 Å². The Kier molecular flexibility index (Phi) is 5.22. The Hall–Kier alpha value is -0.610. The maximum absolute atomic E-state index is 11.9. The molecule has 0 aromatic rings. The van der Waals surface area contributed by atoms with E-state index in [1.807, 2.05) is 20.9 Å². The average Bonchev–Trinajstić information content (AvgIpc) is 2.28. The van der Waals surface area contributed by atoms with Gasteiger partial charge in [0.15, 0.2) is 0 Å². The summed E-state index contributed by atoms with van der Waals surface area (Å²) < 4.78 is 5.40. The van der Waals surface area contributed by atoms with Crippen LogP contribution in [0.3, 0.4) is 0 Å². The first-order valence-electron chi connectivity index (χ1n) is 6.10. The van der Waals surface area contributed by atoms with E-state index in [-0.39, 0.29) is 17.9 Å². The molecule has 16 heavy (non-hydrogen) atoms. The summed E-state index contributed by atoms with van der Waals surface area (Å²) in [5.74, 6) is 0.709. The van der Waals surface area contributed by atoms with E-state index in [9.17, 15) is 4.79 Å². The summed E-state index contributed by atoms with van der Waals surface area (Å²) in [7, 11) is 1.83. The first-order chi connectivity index (χ1) is 7.52. The Morgan fingerprint density at radius 3 is 2.75 bits per heavy atom. The van der Waals surface area contributed by atoms with E-state index in [1.165, 1.54) is 0 Å². The van der Waals surface area contributed by atoms with Crippen LogP contribution >= 0.6 is 0 Å². The third kappa shape index (κ3) is 3.76. The number of amides is 1. The van der Waals surface area contributed by atoms with E-state index in [4.69, 9.17) is 10.5 Å². The van der Waals surface area contributed by atoms with Gasteiger partial charge in [0, 0.05) is 20.2 Å². The van der Waals surface area contributed by atoms with Crippen molar-refractivity contribution in [2.75, 3.05) is 26.8 Å². The van der Waals surface area contributed by atoms with E-state index in [0.29, 0.717) is 5.92 Å². The van der Waals surface area contributed by atoms with Gasteiger partial charge < -0.3 is 15.4 Å². The van der Waals surface area contributed by atoms with Gasteiger partial charge in [-0.1, -0.05) is 13.8 Å². The summed E-state index contributed by atoms with van der Waals surface area (Å²) >= 11 is 0. The topological polar surface area (TPSA) is 55.6 Å². The van der Waals surface area contributed by atoms with Crippen LogP contribution in [0, 0.1) is 11.8 Å². The lowest BCUT2D eigenvalue weighted by Gasteiger charge is -2.29. The molecule has 1 aliphatic rings. The van der Waals surface area contributed by atoms with E-state index < -0.39 is 0 Å². The van der Waals surface area contributed by atoms with Gasteiger partial charge in [0.1, 0.15) is 0 Å². The molecule has 0 aromatic carbocycles. The van der Waals surface area contributed by atoms with E-state index in [1.54, 1.807) is 4.90 Å². The van der Waals surface area contributed by atoms with Crippen LogP contribution in [0.5, 0.6) is 0 Å². The van der Waals surface area contributed by atoms with E-state index >= 15 is 0 Å². The van der Waals surface area contributed by atoms with Gasteiger partial charge in [0.2, 0.25) is 5.91 Å². The zero-order valence-electron chi connectivity index (χ0n) is 10.6. The number of ether oxygens (including phenoxy) is 1. The first-order valence-corrected chi connectivity index (χ1v) is 6.10. The summed E-state index contributed by atoms with van der Waals surface area (Å²) in [6, 6.07) is -0.380. The fraction of sp³-hybridized carbons (Fsp3) is 0.917.